The Kier molecular flexibility index (Phi) is 5.56. The van der Waals surface area contributed by atoms with E-state index in [0.717, 1.165) is 38.4 Å². The van der Waals surface area contributed by atoms with Gasteiger partial charge in [-0.1, -0.05) is 42.4 Å². The molecule has 0 amide bonds. The second-order valence-corrected chi connectivity index (χ2v) is 6.24. The minimum Gasteiger partial charge on any atom is -0.338 e. The summed E-state index contributed by atoms with van der Waals surface area (Å²) in [5.41, 5.74) is 7.26. The molecule has 6 heteroatoms. The van der Waals surface area contributed by atoms with Crippen molar-refractivity contribution in [2.45, 2.75) is 26.3 Å². The number of rotatable bonds is 5. The van der Waals surface area contributed by atoms with Crippen molar-refractivity contribution in [1.82, 2.24) is 15.0 Å². The first kappa shape index (κ1) is 16.9. The van der Waals surface area contributed by atoms with E-state index in [1.54, 1.807) is 0 Å². The summed E-state index contributed by atoms with van der Waals surface area (Å²) in [7, 11) is 0. The number of likely N-dealkylation sites (tertiary alicyclic amines) is 1. The molecule has 0 bridgehead atoms. The van der Waals surface area contributed by atoms with Crippen LogP contribution in [0.15, 0.2) is 34.9 Å². The summed E-state index contributed by atoms with van der Waals surface area (Å²) in [6.07, 6.45) is 1.85. The zero-order chi connectivity index (χ0) is 14.7. The Morgan fingerprint density at radius 3 is 2.77 bits per heavy atom. The molecule has 2 heterocycles. The van der Waals surface area contributed by atoms with E-state index in [-0.39, 0.29) is 17.8 Å². The van der Waals surface area contributed by atoms with Gasteiger partial charge in [-0.3, -0.25) is 4.90 Å². The standard InChI is InChI=1S/C16H22N4O.ClH/c1-16(11-17)7-8-20(12-16)10-15-18-14(19-21-15)9-13-5-3-2-4-6-13;/h2-6H,7-12,17H2,1H3;1H. The SMILES string of the molecule is CC1(CN)CCN(Cc2nc(Cc3ccccc3)no2)C1.Cl. The highest BCUT2D eigenvalue weighted by Crippen LogP contribution is 2.29. The maximum absolute atomic E-state index is 5.84. The lowest BCUT2D eigenvalue weighted by molar-refractivity contribution is 0.238. The van der Waals surface area contributed by atoms with Crippen LogP contribution in [-0.4, -0.2) is 34.7 Å². The van der Waals surface area contributed by atoms with Gasteiger partial charge in [0.2, 0.25) is 5.89 Å². The monoisotopic (exact) mass is 322 g/mol. The van der Waals surface area contributed by atoms with E-state index in [1.807, 2.05) is 18.2 Å². The first-order valence-corrected chi connectivity index (χ1v) is 7.45. The van der Waals surface area contributed by atoms with Crippen molar-refractivity contribution in [2.75, 3.05) is 19.6 Å². The molecular formula is C16H23ClN4O. The van der Waals surface area contributed by atoms with Crippen LogP contribution < -0.4 is 5.73 Å². The molecule has 0 aliphatic carbocycles. The van der Waals surface area contributed by atoms with E-state index >= 15 is 0 Å². The minimum absolute atomic E-state index is 0. The van der Waals surface area contributed by atoms with Crippen LogP contribution in [0.5, 0.6) is 0 Å². The van der Waals surface area contributed by atoms with Crippen molar-refractivity contribution < 1.29 is 4.52 Å². The van der Waals surface area contributed by atoms with Crippen molar-refractivity contribution >= 4 is 12.4 Å². The van der Waals surface area contributed by atoms with Crippen LogP contribution in [0.3, 0.4) is 0 Å². The summed E-state index contributed by atoms with van der Waals surface area (Å²) in [6, 6.07) is 10.2. The van der Waals surface area contributed by atoms with E-state index in [9.17, 15) is 0 Å². The van der Waals surface area contributed by atoms with Crippen LogP contribution in [0, 0.1) is 5.41 Å². The fourth-order valence-electron chi connectivity index (χ4n) is 2.82. The maximum atomic E-state index is 5.84. The molecule has 1 fully saturated rings. The van der Waals surface area contributed by atoms with Crippen molar-refractivity contribution in [3.63, 3.8) is 0 Å². The highest BCUT2D eigenvalue weighted by Gasteiger charge is 2.33. The summed E-state index contributed by atoms with van der Waals surface area (Å²) in [5.74, 6) is 1.44. The molecule has 22 heavy (non-hydrogen) atoms. The lowest BCUT2D eigenvalue weighted by Gasteiger charge is -2.21. The van der Waals surface area contributed by atoms with Crippen molar-refractivity contribution in [3.8, 4) is 0 Å². The number of hydrogen-bond acceptors (Lipinski definition) is 5. The zero-order valence-corrected chi connectivity index (χ0v) is 13.7. The van der Waals surface area contributed by atoms with Crippen LogP contribution in [0.2, 0.25) is 0 Å². The number of benzene rings is 1. The predicted molar refractivity (Wildman–Crippen MR) is 87.8 cm³/mol. The molecule has 3 rings (SSSR count). The Labute approximate surface area is 137 Å². The van der Waals surface area contributed by atoms with Crippen LogP contribution in [0.25, 0.3) is 0 Å². The molecular weight excluding hydrogens is 300 g/mol. The largest absolute Gasteiger partial charge is 0.338 e. The third kappa shape index (κ3) is 4.06. The second kappa shape index (κ2) is 7.22. The fourth-order valence-corrected chi connectivity index (χ4v) is 2.82. The fraction of sp³-hybridized carbons (Fsp3) is 0.500. The number of halogens is 1. The first-order valence-electron chi connectivity index (χ1n) is 7.45. The van der Waals surface area contributed by atoms with Crippen LogP contribution in [0.1, 0.15) is 30.6 Å². The van der Waals surface area contributed by atoms with E-state index in [0.29, 0.717) is 12.3 Å². The summed E-state index contributed by atoms with van der Waals surface area (Å²) >= 11 is 0. The van der Waals surface area contributed by atoms with Gasteiger partial charge in [0.1, 0.15) is 0 Å². The van der Waals surface area contributed by atoms with Crippen molar-refractivity contribution in [3.05, 3.63) is 47.6 Å². The molecule has 120 valence electrons. The normalized spacial score (nSPS) is 21.7. The molecule has 5 nitrogen and oxygen atoms in total. The summed E-state index contributed by atoms with van der Waals surface area (Å²) < 4.78 is 5.37. The molecule has 1 aliphatic heterocycles. The third-order valence-corrected chi connectivity index (χ3v) is 4.20. The highest BCUT2D eigenvalue weighted by atomic mass is 35.5. The molecule has 1 atom stereocenters. The number of nitrogens with two attached hydrogens (primary N) is 1. The maximum Gasteiger partial charge on any atom is 0.240 e. The smallest absolute Gasteiger partial charge is 0.240 e. The molecule has 1 aromatic heterocycles. The minimum atomic E-state index is 0. The van der Waals surface area contributed by atoms with E-state index in [2.05, 4.69) is 34.1 Å². The quantitative estimate of drug-likeness (QED) is 0.914. The molecule has 1 aliphatic rings. The van der Waals surface area contributed by atoms with E-state index in [4.69, 9.17) is 10.3 Å². The van der Waals surface area contributed by atoms with Crippen LogP contribution in [-0.2, 0) is 13.0 Å². The summed E-state index contributed by atoms with van der Waals surface area (Å²) in [6.45, 7) is 5.73. The highest BCUT2D eigenvalue weighted by molar-refractivity contribution is 5.85. The Balaban J connectivity index is 0.00000176. The van der Waals surface area contributed by atoms with E-state index in [1.165, 1.54) is 5.56 Å². The Morgan fingerprint density at radius 1 is 1.32 bits per heavy atom. The van der Waals surface area contributed by atoms with Gasteiger partial charge < -0.3 is 10.3 Å². The zero-order valence-electron chi connectivity index (χ0n) is 12.9. The van der Waals surface area contributed by atoms with Crippen molar-refractivity contribution in [1.29, 1.82) is 0 Å². The summed E-state index contributed by atoms with van der Waals surface area (Å²) in [5, 5.41) is 4.07. The van der Waals surface area contributed by atoms with Gasteiger partial charge in [-0.05, 0) is 30.5 Å². The predicted octanol–water partition coefficient (Wildman–Crippen LogP) is 2.25. The van der Waals surface area contributed by atoms with Gasteiger partial charge in [-0.2, -0.15) is 4.98 Å². The third-order valence-electron chi connectivity index (χ3n) is 4.20. The Morgan fingerprint density at radius 2 is 2.09 bits per heavy atom. The lowest BCUT2D eigenvalue weighted by atomic mass is 9.90. The average Bonchev–Trinajstić information content (AvgIpc) is 3.08. The first-order chi connectivity index (χ1) is 10.2. The van der Waals surface area contributed by atoms with E-state index < -0.39 is 0 Å². The molecule has 1 saturated heterocycles. The number of hydrogen-bond donors (Lipinski definition) is 1. The molecule has 1 unspecified atom stereocenters. The number of aromatic nitrogens is 2. The Bertz CT molecular complexity index is 589. The van der Waals surface area contributed by atoms with Gasteiger partial charge in [0, 0.05) is 13.0 Å². The Hall–Kier alpha value is -1.43. The van der Waals surface area contributed by atoms with Gasteiger partial charge in [-0.25, -0.2) is 0 Å². The second-order valence-electron chi connectivity index (χ2n) is 6.24. The van der Waals surface area contributed by atoms with Gasteiger partial charge in [0.25, 0.3) is 0 Å². The molecule has 0 radical (unpaired) electrons. The van der Waals surface area contributed by atoms with Gasteiger partial charge in [-0.15, -0.1) is 12.4 Å². The molecule has 2 N–H and O–H groups in total. The number of nitrogens with zero attached hydrogens (tertiary/aromatic N) is 3. The molecule has 2 aromatic rings. The van der Waals surface area contributed by atoms with Gasteiger partial charge >= 0.3 is 0 Å². The summed E-state index contributed by atoms with van der Waals surface area (Å²) in [4.78, 5) is 6.83. The molecule has 0 saturated carbocycles. The average molecular weight is 323 g/mol. The van der Waals surface area contributed by atoms with Crippen LogP contribution >= 0.6 is 12.4 Å². The lowest BCUT2D eigenvalue weighted by Crippen LogP contribution is -2.31. The topological polar surface area (TPSA) is 68.2 Å². The van der Waals surface area contributed by atoms with Gasteiger partial charge in [0.05, 0.1) is 6.54 Å². The van der Waals surface area contributed by atoms with Gasteiger partial charge in [0.15, 0.2) is 5.82 Å². The van der Waals surface area contributed by atoms with Crippen molar-refractivity contribution in [2.24, 2.45) is 11.1 Å². The molecule has 0 spiro atoms. The molecule has 1 aromatic carbocycles. The van der Waals surface area contributed by atoms with Crippen LogP contribution in [0.4, 0.5) is 0 Å².